The van der Waals surface area contributed by atoms with Gasteiger partial charge in [-0.3, -0.25) is 0 Å². The number of benzene rings is 1. The molecule has 2 heterocycles. The zero-order chi connectivity index (χ0) is 11.5. The Kier molecular flexibility index (Phi) is 4.33. The first kappa shape index (κ1) is 13.1. The molecular formula is C13H16ClN3O. The molecule has 0 bridgehead atoms. The van der Waals surface area contributed by atoms with E-state index in [2.05, 4.69) is 15.3 Å². The van der Waals surface area contributed by atoms with Crippen molar-refractivity contribution < 1.29 is 4.74 Å². The van der Waals surface area contributed by atoms with Crippen LogP contribution in [0.1, 0.15) is 12.8 Å². The van der Waals surface area contributed by atoms with Crippen LogP contribution in [0.2, 0.25) is 0 Å². The molecule has 0 amide bonds. The molecule has 0 radical (unpaired) electrons. The van der Waals surface area contributed by atoms with E-state index in [0.29, 0.717) is 5.88 Å². The molecule has 1 N–H and O–H groups in total. The van der Waals surface area contributed by atoms with E-state index >= 15 is 0 Å². The van der Waals surface area contributed by atoms with Gasteiger partial charge in [-0.25, -0.2) is 9.97 Å². The molecule has 0 saturated carbocycles. The van der Waals surface area contributed by atoms with Gasteiger partial charge in [0.05, 0.1) is 17.2 Å². The van der Waals surface area contributed by atoms with Crippen LogP contribution in [-0.4, -0.2) is 29.2 Å². The number of nitrogens with zero attached hydrogens (tertiary/aromatic N) is 2. The molecule has 3 rings (SSSR count). The van der Waals surface area contributed by atoms with E-state index in [0.717, 1.165) is 37.0 Å². The van der Waals surface area contributed by atoms with Gasteiger partial charge in [-0.15, -0.1) is 12.4 Å². The molecule has 1 aliphatic heterocycles. The minimum atomic E-state index is 0. The standard InChI is InChI=1S/C13H15N3O.ClH/c1-2-6-12-11(5-1)15-9-13(16-12)17-10-4-3-7-14-8-10;/h1-2,5-6,9-10,14H,3-4,7-8H2;1H/t10-;/m1./s1. The lowest BCUT2D eigenvalue weighted by Crippen LogP contribution is -2.37. The first-order valence-electron chi connectivity index (χ1n) is 6.01. The van der Waals surface area contributed by atoms with Crippen molar-refractivity contribution in [2.75, 3.05) is 13.1 Å². The Balaban J connectivity index is 0.00000120. The summed E-state index contributed by atoms with van der Waals surface area (Å²) in [4.78, 5) is 8.80. The number of para-hydroxylation sites is 2. The minimum absolute atomic E-state index is 0. The second-order valence-corrected chi connectivity index (χ2v) is 4.28. The quantitative estimate of drug-likeness (QED) is 0.904. The molecule has 1 fully saturated rings. The average Bonchev–Trinajstić information content (AvgIpc) is 2.40. The largest absolute Gasteiger partial charge is 0.472 e. The average molecular weight is 266 g/mol. The lowest BCUT2D eigenvalue weighted by molar-refractivity contribution is 0.160. The number of halogens is 1. The van der Waals surface area contributed by atoms with E-state index in [1.807, 2.05) is 24.3 Å². The number of fused-ring (bicyclic) bond motifs is 1. The van der Waals surface area contributed by atoms with Crippen molar-refractivity contribution in [1.29, 1.82) is 0 Å². The molecule has 1 aromatic carbocycles. The summed E-state index contributed by atoms with van der Waals surface area (Å²) in [6, 6.07) is 7.83. The van der Waals surface area contributed by atoms with Crippen molar-refractivity contribution in [3.05, 3.63) is 30.5 Å². The van der Waals surface area contributed by atoms with Gasteiger partial charge in [-0.1, -0.05) is 12.1 Å². The Morgan fingerprint density at radius 2 is 2.06 bits per heavy atom. The lowest BCUT2D eigenvalue weighted by Gasteiger charge is -2.23. The summed E-state index contributed by atoms with van der Waals surface area (Å²) in [6.45, 7) is 1.98. The highest BCUT2D eigenvalue weighted by Crippen LogP contribution is 2.16. The number of rotatable bonds is 2. The Hall–Kier alpha value is -1.39. The molecule has 96 valence electrons. The highest BCUT2D eigenvalue weighted by molar-refractivity contribution is 5.85. The number of piperidine rings is 1. The maximum absolute atomic E-state index is 5.83. The summed E-state index contributed by atoms with van der Waals surface area (Å²) in [5, 5.41) is 3.32. The van der Waals surface area contributed by atoms with Crippen molar-refractivity contribution in [1.82, 2.24) is 15.3 Å². The highest BCUT2D eigenvalue weighted by atomic mass is 35.5. The summed E-state index contributed by atoms with van der Waals surface area (Å²) in [7, 11) is 0. The molecule has 1 saturated heterocycles. The van der Waals surface area contributed by atoms with Crippen LogP contribution >= 0.6 is 12.4 Å². The van der Waals surface area contributed by atoms with E-state index in [1.54, 1.807) is 6.20 Å². The summed E-state index contributed by atoms with van der Waals surface area (Å²) in [6.07, 6.45) is 4.17. The molecule has 2 aromatic rings. The SMILES string of the molecule is Cl.c1ccc2nc(O[C@@H]3CCCNC3)cnc2c1. The molecule has 1 atom stereocenters. The van der Waals surface area contributed by atoms with Crippen molar-refractivity contribution in [2.24, 2.45) is 0 Å². The van der Waals surface area contributed by atoms with E-state index in [-0.39, 0.29) is 18.5 Å². The van der Waals surface area contributed by atoms with Crippen LogP contribution in [0.15, 0.2) is 30.5 Å². The minimum Gasteiger partial charge on any atom is -0.472 e. The normalized spacial score (nSPS) is 19.2. The fourth-order valence-electron chi connectivity index (χ4n) is 2.09. The second-order valence-electron chi connectivity index (χ2n) is 4.28. The third-order valence-electron chi connectivity index (χ3n) is 2.97. The van der Waals surface area contributed by atoms with E-state index in [9.17, 15) is 0 Å². The van der Waals surface area contributed by atoms with Crippen molar-refractivity contribution >= 4 is 23.4 Å². The Bertz CT molecular complexity index is 514. The van der Waals surface area contributed by atoms with Gasteiger partial charge in [0.2, 0.25) is 5.88 Å². The van der Waals surface area contributed by atoms with E-state index < -0.39 is 0 Å². The molecule has 4 nitrogen and oxygen atoms in total. The Labute approximate surface area is 112 Å². The van der Waals surface area contributed by atoms with Crippen molar-refractivity contribution in [3.8, 4) is 5.88 Å². The maximum Gasteiger partial charge on any atom is 0.233 e. The second kappa shape index (κ2) is 5.98. The third-order valence-corrected chi connectivity index (χ3v) is 2.97. The van der Waals surface area contributed by atoms with E-state index in [1.165, 1.54) is 0 Å². The van der Waals surface area contributed by atoms with Gasteiger partial charge in [0, 0.05) is 6.54 Å². The molecule has 0 aliphatic carbocycles. The van der Waals surface area contributed by atoms with E-state index in [4.69, 9.17) is 4.74 Å². The Morgan fingerprint density at radius 1 is 1.22 bits per heavy atom. The van der Waals surface area contributed by atoms with Gasteiger partial charge in [-0.2, -0.15) is 0 Å². The van der Waals surface area contributed by atoms with Crippen LogP contribution < -0.4 is 10.1 Å². The predicted molar refractivity (Wildman–Crippen MR) is 73.3 cm³/mol. The third kappa shape index (κ3) is 2.89. The summed E-state index contributed by atoms with van der Waals surface area (Å²) in [5.74, 6) is 0.623. The number of hydrogen-bond acceptors (Lipinski definition) is 4. The molecule has 0 spiro atoms. The van der Waals surface area contributed by atoms with Crippen LogP contribution in [0.4, 0.5) is 0 Å². The highest BCUT2D eigenvalue weighted by Gasteiger charge is 2.15. The van der Waals surface area contributed by atoms with Gasteiger partial charge in [0.15, 0.2) is 0 Å². The van der Waals surface area contributed by atoms with Crippen molar-refractivity contribution in [3.63, 3.8) is 0 Å². The van der Waals surface area contributed by atoms with Crippen LogP contribution in [0.5, 0.6) is 5.88 Å². The fourth-order valence-corrected chi connectivity index (χ4v) is 2.09. The van der Waals surface area contributed by atoms with Gasteiger partial charge in [-0.05, 0) is 31.5 Å². The van der Waals surface area contributed by atoms with Gasteiger partial charge in [0.25, 0.3) is 0 Å². The number of ether oxygens (including phenoxy) is 1. The predicted octanol–water partition coefficient (Wildman–Crippen LogP) is 2.18. The fraction of sp³-hybridized carbons (Fsp3) is 0.385. The molecule has 1 aliphatic rings. The van der Waals surface area contributed by atoms with Crippen LogP contribution in [0.25, 0.3) is 11.0 Å². The first-order valence-corrected chi connectivity index (χ1v) is 6.01. The maximum atomic E-state index is 5.83. The van der Waals surface area contributed by atoms with Gasteiger partial charge < -0.3 is 10.1 Å². The molecule has 0 unspecified atom stereocenters. The van der Waals surface area contributed by atoms with Crippen molar-refractivity contribution in [2.45, 2.75) is 18.9 Å². The number of nitrogens with one attached hydrogen (secondary N) is 1. The lowest BCUT2D eigenvalue weighted by atomic mass is 10.1. The van der Waals surface area contributed by atoms with Crippen LogP contribution in [-0.2, 0) is 0 Å². The van der Waals surface area contributed by atoms with Crippen LogP contribution in [0, 0.1) is 0 Å². The molecule has 5 heteroatoms. The Morgan fingerprint density at radius 3 is 2.83 bits per heavy atom. The monoisotopic (exact) mass is 265 g/mol. The summed E-state index contributed by atoms with van der Waals surface area (Å²) in [5.41, 5.74) is 1.79. The topological polar surface area (TPSA) is 47.0 Å². The molecule has 18 heavy (non-hydrogen) atoms. The first-order chi connectivity index (χ1) is 8.42. The summed E-state index contributed by atoms with van der Waals surface area (Å²) < 4.78 is 5.83. The molecule has 1 aromatic heterocycles. The number of hydrogen-bond donors (Lipinski definition) is 1. The van der Waals surface area contributed by atoms with Gasteiger partial charge >= 0.3 is 0 Å². The summed E-state index contributed by atoms with van der Waals surface area (Å²) >= 11 is 0. The zero-order valence-corrected chi connectivity index (χ0v) is 10.8. The van der Waals surface area contributed by atoms with Crippen LogP contribution in [0.3, 0.4) is 0 Å². The smallest absolute Gasteiger partial charge is 0.233 e. The number of aromatic nitrogens is 2. The molecular weight excluding hydrogens is 250 g/mol. The van der Waals surface area contributed by atoms with Gasteiger partial charge in [0.1, 0.15) is 6.10 Å². The zero-order valence-electron chi connectivity index (χ0n) is 10.0.